The molecule has 0 saturated heterocycles. The zero-order valence-corrected chi connectivity index (χ0v) is 14.0. The van der Waals surface area contributed by atoms with Gasteiger partial charge in [0.2, 0.25) is 10.0 Å². The quantitative estimate of drug-likeness (QED) is 0.751. The van der Waals surface area contributed by atoms with E-state index in [2.05, 4.69) is 4.72 Å². The van der Waals surface area contributed by atoms with Crippen molar-refractivity contribution in [2.24, 2.45) is 11.7 Å². The molecule has 2 aromatic rings. The molecule has 1 aliphatic rings. The Morgan fingerprint density at radius 3 is 2.33 bits per heavy atom. The van der Waals surface area contributed by atoms with Crippen LogP contribution >= 0.6 is 0 Å². The zero-order valence-electron chi connectivity index (χ0n) is 13.2. The summed E-state index contributed by atoms with van der Waals surface area (Å²) in [5.41, 5.74) is 6.32. The number of ketones is 1. The van der Waals surface area contributed by atoms with Crippen LogP contribution in [0.5, 0.6) is 0 Å². The van der Waals surface area contributed by atoms with E-state index in [1.807, 2.05) is 6.07 Å². The van der Waals surface area contributed by atoms with Crippen LogP contribution < -0.4 is 10.5 Å². The van der Waals surface area contributed by atoms with E-state index in [0.29, 0.717) is 11.5 Å². The second-order valence-corrected chi connectivity index (χ2v) is 7.67. The van der Waals surface area contributed by atoms with E-state index in [4.69, 9.17) is 5.73 Å². The van der Waals surface area contributed by atoms with Gasteiger partial charge in [-0.3, -0.25) is 4.79 Å². The van der Waals surface area contributed by atoms with Gasteiger partial charge in [0.1, 0.15) is 0 Å². The molecule has 0 radical (unpaired) electrons. The third-order valence-electron chi connectivity index (χ3n) is 4.21. The minimum Gasteiger partial charge on any atom is -0.329 e. The highest BCUT2D eigenvalue weighted by atomic mass is 32.2. The first-order valence-corrected chi connectivity index (χ1v) is 9.42. The number of sulfonamides is 1. The van der Waals surface area contributed by atoms with Crippen LogP contribution in [-0.4, -0.2) is 26.8 Å². The molecular formula is C18H20N2O3S. The van der Waals surface area contributed by atoms with Crippen molar-refractivity contribution in [3.05, 3.63) is 65.7 Å². The summed E-state index contributed by atoms with van der Waals surface area (Å²) >= 11 is 0. The highest BCUT2D eigenvalue weighted by Gasteiger charge is 2.34. The lowest BCUT2D eigenvalue weighted by molar-refractivity contribution is 0.103. The van der Waals surface area contributed by atoms with Gasteiger partial charge in [-0.2, -0.15) is 0 Å². The summed E-state index contributed by atoms with van der Waals surface area (Å²) in [5, 5.41) is 0. The Balaban J connectivity index is 1.95. The monoisotopic (exact) mass is 344 g/mol. The normalized spacial score (nSPS) is 15.9. The van der Waals surface area contributed by atoms with Gasteiger partial charge in [-0.1, -0.05) is 42.5 Å². The smallest absolute Gasteiger partial charge is 0.241 e. The molecule has 0 heterocycles. The van der Waals surface area contributed by atoms with Crippen molar-refractivity contribution in [1.29, 1.82) is 0 Å². The second-order valence-electron chi connectivity index (χ2n) is 5.99. The Kier molecular flexibility index (Phi) is 4.80. The van der Waals surface area contributed by atoms with Crippen LogP contribution in [0.2, 0.25) is 0 Å². The van der Waals surface area contributed by atoms with Crippen molar-refractivity contribution >= 4 is 15.8 Å². The molecule has 24 heavy (non-hydrogen) atoms. The van der Waals surface area contributed by atoms with Gasteiger partial charge in [-0.15, -0.1) is 0 Å². The molecule has 1 saturated carbocycles. The average molecular weight is 344 g/mol. The van der Waals surface area contributed by atoms with Crippen molar-refractivity contribution in [2.45, 2.75) is 23.8 Å². The highest BCUT2D eigenvalue weighted by molar-refractivity contribution is 7.89. The summed E-state index contributed by atoms with van der Waals surface area (Å²) in [4.78, 5) is 12.7. The van der Waals surface area contributed by atoms with Gasteiger partial charge in [0.05, 0.1) is 4.90 Å². The van der Waals surface area contributed by atoms with Gasteiger partial charge in [-0.25, -0.2) is 13.1 Å². The first-order valence-electron chi connectivity index (χ1n) is 7.94. The fraction of sp³-hybridized carbons (Fsp3) is 0.278. The van der Waals surface area contributed by atoms with Crippen molar-refractivity contribution in [1.82, 2.24) is 4.72 Å². The molecule has 1 atom stereocenters. The lowest BCUT2D eigenvalue weighted by Crippen LogP contribution is -2.42. The van der Waals surface area contributed by atoms with Crippen LogP contribution in [-0.2, 0) is 10.0 Å². The van der Waals surface area contributed by atoms with Gasteiger partial charge < -0.3 is 5.73 Å². The van der Waals surface area contributed by atoms with Crippen molar-refractivity contribution in [3.8, 4) is 0 Å². The van der Waals surface area contributed by atoms with E-state index >= 15 is 0 Å². The summed E-state index contributed by atoms with van der Waals surface area (Å²) in [6.45, 7) is 0.249. The Morgan fingerprint density at radius 2 is 1.71 bits per heavy atom. The van der Waals surface area contributed by atoms with Crippen LogP contribution in [0.1, 0.15) is 28.8 Å². The van der Waals surface area contributed by atoms with Crippen LogP contribution in [0.4, 0.5) is 0 Å². The topological polar surface area (TPSA) is 89.3 Å². The predicted octanol–water partition coefficient (Wildman–Crippen LogP) is 1.93. The minimum atomic E-state index is -3.81. The van der Waals surface area contributed by atoms with E-state index < -0.39 is 10.0 Å². The molecular weight excluding hydrogens is 324 g/mol. The fourth-order valence-electron chi connectivity index (χ4n) is 2.73. The van der Waals surface area contributed by atoms with Crippen LogP contribution in [0.15, 0.2) is 59.5 Å². The Morgan fingerprint density at radius 1 is 1.08 bits per heavy atom. The zero-order chi connectivity index (χ0) is 17.2. The highest BCUT2D eigenvalue weighted by Crippen LogP contribution is 2.33. The van der Waals surface area contributed by atoms with Crippen LogP contribution in [0.25, 0.3) is 0 Å². The van der Waals surface area contributed by atoms with E-state index in [0.717, 1.165) is 12.8 Å². The maximum Gasteiger partial charge on any atom is 0.241 e. The van der Waals surface area contributed by atoms with Crippen molar-refractivity contribution in [3.63, 3.8) is 0 Å². The molecule has 3 rings (SSSR count). The van der Waals surface area contributed by atoms with Crippen LogP contribution in [0.3, 0.4) is 0 Å². The Bertz CT molecular complexity index is 830. The van der Waals surface area contributed by atoms with Gasteiger partial charge in [-0.05, 0) is 30.9 Å². The molecule has 0 spiro atoms. The summed E-state index contributed by atoms with van der Waals surface area (Å²) in [5.74, 6) is -0.0194. The Labute approximate surface area is 141 Å². The lowest BCUT2D eigenvalue weighted by atomic mass is 10.0. The number of carbonyl (C=O) groups excluding carboxylic acids is 1. The third-order valence-corrected chi connectivity index (χ3v) is 5.76. The molecule has 126 valence electrons. The summed E-state index contributed by atoms with van der Waals surface area (Å²) in [7, 11) is -3.81. The average Bonchev–Trinajstić information content (AvgIpc) is 3.45. The molecule has 6 heteroatoms. The molecule has 0 amide bonds. The first-order chi connectivity index (χ1) is 11.5. The Hall–Kier alpha value is -2.02. The second kappa shape index (κ2) is 6.84. The number of nitrogens with one attached hydrogen (secondary N) is 1. The maximum atomic E-state index is 12.8. The standard InChI is InChI=1S/C18H20N2O3S/c19-12-16(13-10-11-13)20-24(22,23)17-9-5-4-8-15(17)18(21)14-6-2-1-3-7-14/h1-9,13,16,20H,10-12,19H2. The van der Waals surface area contributed by atoms with E-state index in [-0.39, 0.29) is 28.8 Å². The third kappa shape index (κ3) is 3.56. The summed E-state index contributed by atoms with van der Waals surface area (Å²) in [6, 6.07) is 14.6. The molecule has 0 bridgehead atoms. The minimum absolute atomic E-state index is 0.00190. The van der Waals surface area contributed by atoms with E-state index in [1.54, 1.807) is 42.5 Å². The largest absolute Gasteiger partial charge is 0.329 e. The maximum absolute atomic E-state index is 12.8. The molecule has 0 aliphatic heterocycles. The number of rotatable bonds is 7. The summed E-state index contributed by atoms with van der Waals surface area (Å²) in [6.07, 6.45) is 1.96. The first kappa shape index (κ1) is 16.8. The number of hydrogen-bond donors (Lipinski definition) is 2. The van der Waals surface area contributed by atoms with Crippen LogP contribution in [0, 0.1) is 5.92 Å². The fourth-order valence-corrected chi connectivity index (χ4v) is 4.25. The van der Waals surface area contributed by atoms with E-state index in [1.165, 1.54) is 6.07 Å². The predicted molar refractivity (Wildman–Crippen MR) is 92.2 cm³/mol. The molecule has 0 aromatic heterocycles. The SMILES string of the molecule is NCC(NS(=O)(=O)c1ccccc1C(=O)c1ccccc1)C1CC1. The number of hydrogen-bond acceptors (Lipinski definition) is 4. The molecule has 1 unspecified atom stereocenters. The number of benzene rings is 2. The molecule has 2 aromatic carbocycles. The van der Waals surface area contributed by atoms with Gasteiger partial charge in [0.15, 0.2) is 5.78 Å². The van der Waals surface area contributed by atoms with Gasteiger partial charge in [0, 0.05) is 23.7 Å². The molecule has 1 aliphatic carbocycles. The van der Waals surface area contributed by atoms with E-state index in [9.17, 15) is 13.2 Å². The van der Waals surface area contributed by atoms with Crippen molar-refractivity contribution in [2.75, 3.05) is 6.54 Å². The number of carbonyl (C=O) groups is 1. The lowest BCUT2D eigenvalue weighted by Gasteiger charge is -2.17. The van der Waals surface area contributed by atoms with Gasteiger partial charge >= 0.3 is 0 Å². The summed E-state index contributed by atoms with van der Waals surface area (Å²) < 4.78 is 28.2. The van der Waals surface area contributed by atoms with Crippen molar-refractivity contribution < 1.29 is 13.2 Å². The molecule has 1 fully saturated rings. The molecule has 3 N–H and O–H groups in total. The molecule has 5 nitrogen and oxygen atoms in total. The number of nitrogens with two attached hydrogens (primary N) is 1. The van der Waals surface area contributed by atoms with Gasteiger partial charge in [0.25, 0.3) is 0 Å².